The Bertz CT molecular complexity index is 374. The van der Waals surface area contributed by atoms with Gasteiger partial charge in [-0.1, -0.05) is 6.08 Å². The van der Waals surface area contributed by atoms with E-state index in [-0.39, 0.29) is 18.2 Å². The third kappa shape index (κ3) is 3.58. The van der Waals surface area contributed by atoms with Crippen LogP contribution in [0.1, 0.15) is 26.7 Å². The predicted octanol–water partition coefficient (Wildman–Crippen LogP) is 1.93. The molecule has 2 aliphatic rings. The molecular formula is C14H20O5. The number of esters is 1. The summed E-state index contributed by atoms with van der Waals surface area (Å²) in [5.74, 6) is -0.954. The Morgan fingerprint density at radius 3 is 3.11 bits per heavy atom. The molecule has 5 heteroatoms. The summed E-state index contributed by atoms with van der Waals surface area (Å²) in [6, 6.07) is 0. The molecule has 5 nitrogen and oxygen atoms in total. The Kier molecular flexibility index (Phi) is 4.27. The fourth-order valence-electron chi connectivity index (χ4n) is 2.08. The summed E-state index contributed by atoms with van der Waals surface area (Å²) in [5.41, 5.74) is 0. The van der Waals surface area contributed by atoms with Gasteiger partial charge in [-0.3, -0.25) is 4.79 Å². The highest BCUT2D eigenvalue weighted by molar-refractivity contribution is 5.70. The van der Waals surface area contributed by atoms with E-state index in [9.17, 15) is 4.79 Å². The molecule has 2 rings (SSSR count). The van der Waals surface area contributed by atoms with E-state index in [1.54, 1.807) is 12.2 Å². The van der Waals surface area contributed by atoms with E-state index >= 15 is 0 Å². The van der Waals surface area contributed by atoms with Crippen molar-refractivity contribution in [3.05, 3.63) is 25.0 Å². The van der Waals surface area contributed by atoms with Gasteiger partial charge >= 0.3 is 5.97 Å². The van der Waals surface area contributed by atoms with Gasteiger partial charge in [-0.05, 0) is 26.3 Å². The van der Waals surface area contributed by atoms with E-state index in [1.165, 1.54) is 6.26 Å². The smallest absolute Gasteiger partial charge is 0.306 e. The van der Waals surface area contributed by atoms with Crippen LogP contribution in [0.5, 0.6) is 0 Å². The van der Waals surface area contributed by atoms with Gasteiger partial charge in [-0.2, -0.15) is 0 Å². The van der Waals surface area contributed by atoms with Crippen molar-refractivity contribution in [1.29, 1.82) is 0 Å². The summed E-state index contributed by atoms with van der Waals surface area (Å²) in [6.07, 6.45) is 4.86. The average molecular weight is 268 g/mol. The summed E-state index contributed by atoms with van der Waals surface area (Å²) in [5, 5.41) is 0. The molecule has 2 aliphatic heterocycles. The molecule has 0 aromatic rings. The first-order chi connectivity index (χ1) is 9.02. The predicted molar refractivity (Wildman–Crippen MR) is 68.2 cm³/mol. The van der Waals surface area contributed by atoms with Crippen molar-refractivity contribution < 1.29 is 23.7 Å². The van der Waals surface area contributed by atoms with E-state index < -0.39 is 11.9 Å². The minimum absolute atomic E-state index is 0.241. The van der Waals surface area contributed by atoms with Gasteiger partial charge < -0.3 is 18.9 Å². The summed E-state index contributed by atoms with van der Waals surface area (Å²) >= 11 is 0. The highest BCUT2D eigenvalue weighted by Crippen LogP contribution is 2.30. The summed E-state index contributed by atoms with van der Waals surface area (Å²) in [7, 11) is 0. The largest absolute Gasteiger partial charge is 0.493 e. The first kappa shape index (κ1) is 14.1. The Balaban J connectivity index is 1.98. The van der Waals surface area contributed by atoms with Crippen LogP contribution in [-0.2, 0) is 23.7 Å². The minimum Gasteiger partial charge on any atom is -0.493 e. The molecule has 0 aliphatic carbocycles. The third-order valence-electron chi connectivity index (χ3n) is 3.05. The SMILES string of the molecule is C=CCCC(=O)O[C@@H]1C=CO[C@@H]2COC(C)(C)O[C@@H]12. The molecule has 0 spiro atoms. The minimum atomic E-state index is -0.693. The standard InChI is InChI=1S/C14H20O5/c1-4-5-6-12(15)18-10-7-8-16-11-9-17-14(2,3)19-13(10)11/h4,7-8,10-11,13H,1,5-6,9H2,2-3H3/t10-,11-,13+/m1/s1. The zero-order valence-electron chi connectivity index (χ0n) is 11.3. The fourth-order valence-corrected chi connectivity index (χ4v) is 2.08. The van der Waals surface area contributed by atoms with Crippen LogP contribution >= 0.6 is 0 Å². The number of rotatable bonds is 4. The monoisotopic (exact) mass is 268 g/mol. The third-order valence-corrected chi connectivity index (χ3v) is 3.05. The van der Waals surface area contributed by atoms with Crippen LogP contribution < -0.4 is 0 Å². The Morgan fingerprint density at radius 1 is 1.58 bits per heavy atom. The molecule has 19 heavy (non-hydrogen) atoms. The maximum atomic E-state index is 11.7. The van der Waals surface area contributed by atoms with Crippen molar-refractivity contribution in [3.8, 4) is 0 Å². The molecular weight excluding hydrogens is 248 g/mol. The van der Waals surface area contributed by atoms with Gasteiger partial charge in [-0.15, -0.1) is 6.58 Å². The molecule has 3 atom stereocenters. The van der Waals surface area contributed by atoms with Gasteiger partial charge in [-0.25, -0.2) is 0 Å². The van der Waals surface area contributed by atoms with Crippen molar-refractivity contribution in [2.75, 3.05) is 6.61 Å². The molecule has 0 saturated carbocycles. The molecule has 0 amide bonds. The molecule has 0 radical (unpaired) electrons. The van der Waals surface area contributed by atoms with Crippen LogP contribution in [0.4, 0.5) is 0 Å². The molecule has 0 unspecified atom stereocenters. The summed E-state index contributed by atoms with van der Waals surface area (Å²) in [6.45, 7) is 7.66. The lowest BCUT2D eigenvalue weighted by Crippen LogP contribution is -2.55. The molecule has 1 fully saturated rings. The number of carbonyl (C=O) groups excluding carboxylic acids is 1. The van der Waals surface area contributed by atoms with E-state index in [0.717, 1.165) is 0 Å². The first-order valence-electron chi connectivity index (χ1n) is 6.46. The number of carbonyl (C=O) groups is 1. The van der Waals surface area contributed by atoms with E-state index in [0.29, 0.717) is 19.4 Å². The second kappa shape index (κ2) is 5.75. The second-order valence-electron chi connectivity index (χ2n) is 5.08. The van der Waals surface area contributed by atoms with Gasteiger partial charge in [0.2, 0.25) is 0 Å². The van der Waals surface area contributed by atoms with Crippen LogP contribution in [0.25, 0.3) is 0 Å². The normalized spacial score (nSPS) is 32.0. The van der Waals surface area contributed by atoms with Crippen LogP contribution in [-0.4, -0.2) is 36.7 Å². The van der Waals surface area contributed by atoms with Crippen LogP contribution in [0, 0.1) is 0 Å². The van der Waals surface area contributed by atoms with Crippen molar-refractivity contribution in [2.45, 2.75) is 50.8 Å². The lowest BCUT2D eigenvalue weighted by atomic mass is 10.0. The van der Waals surface area contributed by atoms with Crippen LogP contribution in [0.3, 0.4) is 0 Å². The van der Waals surface area contributed by atoms with Crippen LogP contribution in [0.15, 0.2) is 25.0 Å². The zero-order valence-corrected chi connectivity index (χ0v) is 11.3. The van der Waals surface area contributed by atoms with E-state index in [4.69, 9.17) is 18.9 Å². The Labute approximate surface area is 113 Å². The maximum absolute atomic E-state index is 11.7. The molecule has 1 saturated heterocycles. The van der Waals surface area contributed by atoms with Gasteiger partial charge in [0, 0.05) is 6.42 Å². The topological polar surface area (TPSA) is 54.0 Å². The Hall–Kier alpha value is -1.33. The molecule has 106 valence electrons. The number of hydrogen-bond donors (Lipinski definition) is 0. The first-order valence-corrected chi connectivity index (χ1v) is 6.46. The zero-order chi connectivity index (χ0) is 13.9. The molecule has 0 bridgehead atoms. The van der Waals surface area contributed by atoms with Crippen molar-refractivity contribution in [3.63, 3.8) is 0 Å². The highest BCUT2D eigenvalue weighted by Gasteiger charge is 2.44. The number of fused-ring (bicyclic) bond motifs is 1. The van der Waals surface area contributed by atoms with Gasteiger partial charge in [0.1, 0.15) is 6.10 Å². The second-order valence-corrected chi connectivity index (χ2v) is 5.08. The lowest BCUT2D eigenvalue weighted by Gasteiger charge is -2.43. The number of ether oxygens (including phenoxy) is 4. The molecule has 0 aromatic carbocycles. The lowest BCUT2D eigenvalue weighted by molar-refractivity contribution is -0.319. The van der Waals surface area contributed by atoms with Crippen molar-refractivity contribution in [2.24, 2.45) is 0 Å². The van der Waals surface area contributed by atoms with E-state index in [1.807, 2.05) is 13.8 Å². The Morgan fingerprint density at radius 2 is 2.37 bits per heavy atom. The van der Waals surface area contributed by atoms with Crippen LogP contribution in [0.2, 0.25) is 0 Å². The highest BCUT2D eigenvalue weighted by atomic mass is 16.7. The molecule has 2 heterocycles. The molecule has 0 aromatic heterocycles. The van der Waals surface area contributed by atoms with Gasteiger partial charge in [0.25, 0.3) is 0 Å². The summed E-state index contributed by atoms with van der Waals surface area (Å²) < 4.78 is 22.2. The van der Waals surface area contributed by atoms with Crippen molar-refractivity contribution in [1.82, 2.24) is 0 Å². The van der Waals surface area contributed by atoms with Gasteiger partial charge in [0.15, 0.2) is 18.0 Å². The van der Waals surface area contributed by atoms with Crippen molar-refractivity contribution >= 4 is 5.97 Å². The summed E-state index contributed by atoms with van der Waals surface area (Å²) in [4.78, 5) is 11.7. The fraction of sp³-hybridized carbons (Fsp3) is 0.643. The quantitative estimate of drug-likeness (QED) is 0.576. The number of allylic oxidation sites excluding steroid dienone is 1. The maximum Gasteiger partial charge on any atom is 0.306 e. The average Bonchev–Trinajstić information content (AvgIpc) is 2.36. The molecule has 0 N–H and O–H groups in total. The van der Waals surface area contributed by atoms with Gasteiger partial charge in [0.05, 0.1) is 12.9 Å². The number of hydrogen-bond acceptors (Lipinski definition) is 5. The van der Waals surface area contributed by atoms with E-state index in [2.05, 4.69) is 6.58 Å².